The van der Waals surface area contributed by atoms with Crippen molar-refractivity contribution in [2.75, 3.05) is 11.5 Å². The van der Waals surface area contributed by atoms with Gasteiger partial charge in [0, 0.05) is 42.4 Å². The molecule has 0 saturated heterocycles. The van der Waals surface area contributed by atoms with E-state index in [1.165, 1.54) is 23.8 Å². The summed E-state index contributed by atoms with van der Waals surface area (Å²) in [6, 6.07) is 9.76. The number of H-pyrrole nitrogens is 1. The molecule has 0 aliphatic heterocycles. The van der Waals surface area contributed by atoms with Crippen LogP contribution in [-0.4, -0.2) is 45.5 Å². The normalized spacial score (nSPS) is 14.4. The lowest BCUT2D eigenvalue weighted by Crippen LogP contribution is -2.47. The third-order valence-electron chi connectivity index (χ3n) is 6.32. The van der Waals surface area contributed by atoms with E-state index in [-0.39, 0.29) is 30.8 Å². The van der Waals surface area contributed by atoms with Gasteiger partial charge in [-0.25, -0.2) is 9.78 Å². The number of carbonyl (C=O) groups excluding carboxylic acids is 3. The molecule has 10 heteroatoms. The van der Waals surface area contributed by atoms with E-state index in [1.54, 1.807) is 55.7 Å². The van der Waals surface area contributed by atoms with Crippen molar-refractivity contribution < 1.29 is 19.1 Å². The molecule has 3 aromatic rings. The van der Waals surface area contributed by atoms with E-state index in [9.17, 15) is 14.4 Å². The fraction of sp³-hybridized carbons (Fsp3) is 0.370. The number of aromatic amines is 1. The van der Waals surface area contributed by atoms with Crippen LogP contribution in [0.4, 0.5) is 10.5 Å². The van der Waals surface area contributed by atoms with Crippen molar-refractivity contribution in [2.45, 2.75) is 57.7 Å². The third kappa shape index (κ3) is 6.72. The molecule has 1 fully saturated rings. The highest BCUT2D eigenvalue weighted by molar-refractivity contribution is 6.09. The van der Waals surface area contributed by atoms with Crippen LogP contribution in [0, 0.1) is 0 Å². The van der Waals surface area contributed by atoms with Gasteiger partial charge >= 0.3 is 6.09 Å². The maximum absolute atomic E-state index is 13.8. The van der Waals surface area contributed by atoms with E-state index in [0.29, 0.717) is 11.3 Å². The molecule has 1 saturated carbocycles. The number of rotatable bonds is 9. The van der Waals surface area contributed by atoms with Gasteiger partial charge in [0.1, 0.15) is 11.7 Å². The Labute approximate surface area is 215 Å². The quantitative estimate of drug-likeness (QED) is 0.405. The minimum absolute atomic E-state index is 0.0686. The number of benzene rings is 1. The molecule has 0 spiro atoms. The molecule has 37 heavy (non-hydrogen) atoms. The van der Waals surface area contributed by atoms with Gasteiger partial charge in [0.2, 0.25) is 5.91 Å². The first-order chi connectivity index (χ1) is 18.1. The zero-order valence-electron chi connectivity index (χ0n) is 20.9. The van der Waals surface area contributed by atoms with Crippen LogP contribution in [-0.2, 0) is 16.1 Å². The predicted molar refractivity (Wildman–Crippen MR) is 138 cm³/mol. The molecular formula is C27H32N6O4. The highest BCUT2D eigenvalue weighted by atomic mass is 16.5. The summed E-state index contributed by atoms with van der Waals surface area (Å²) < 4.78 is 4.90. The second kappa shape index (κ2) is 12.7. The summed E-state index contributed by atoms with van der Waals surface area (Å²) in [7, 11) is 0. The van der Waals surface area contributed by atoms with Crippen molar-refractivity contribution in [3.05, 3.63) is 78.1 Å². The molecular weight excluding hydrogens is 472 g/mol. The van der Waals surface area contributed by atoms with E-state index in [4.69, 9.17) is 4.74 Å². The second-order valence-corrected chi connectivity index (χ2v) is 8.90. The van der Waals surface area contributed by atoms with Crippen molar-refractivity contribution >= 4 is 23.6 Å². The zero-order valence-corrected chi connectivity index (χ0v) is 20.9. The summed E-state index contributed by atoms with van der Waals surface area (Å²) in [5.41, 5.74) is 2.11. The van der Waals surface area contributed by atoms with Crippen LogP contribution >= 0.6 is 0 Å². The number of carbonyl (C=O) groups is 3. The van der Waals surface area contributed by atoms with Crippen molar-refractivity contribution in [1.82, 2.24) is 25.6 Å². The first kappa shape index (κ1) is 25.9. The van der Waals surface area contributed by atoms with Crippen LogP contribution in [0.3, 0.4) is 0 Å². The Morgan fingerprint density at radius 2 is 1.92 bits per heavy atom. The van der Waals surface area contributed by atoms with E-state index >= 15 is 0 Å². The highest BCUT2D eigenvalue weighted by Crippen LogP contribution is 2.30. The van der Waals surface area contributed by atoms with Crippen LogP contribution in [0.2, 0.25) is 0 Å². The van der Waals surface area contributed by atoms with Gasteiger partial charge in [0.05, 0.1) is 12.9 Å². The topological polar surface area (TPSA) is 129 Å². The minimum Gasteiger partial charge on any atom is -0.450 e. The number of nitrogens with zero attached hydrogens (tertiary/aromatic N) is 3. The van der Waals surface area contributed by atoms with Crippen LogP contribution in [0.25, 0.3) is 0 Å². The molecule has 3 amide bonds. The molecule has 3 N–H and O–H groups in total. The summed E-state index contributed by atoms with van der Waals surface area (Å²) >= 11 is 0. The number of imidazole rings is 1. The Morgan fingerprint density at radius 3 is 2.57 bits per heavy atom. The van der Waals surface area contributed by atoms with Gasteiger partial charge in [-0.3, -0.25) is 19.5 Å². The molecule has 2 heterocycles. The van der Waals surface area contributed by atoms with E-state index in [2.05, 4.69) is 25.6 Å². The number of ether oxygens (including phenoxy) is 1. The number of hydrogen-bond acceptors (Lipinski definition) is 6. The maximum atomic E-state index is 13.8. The number of pyridine rings is 1. The van der Waals surface area contributed by atoms with Gasteiger partial charge in [-0.2, -0.15) is 0 Å². The van der Waals surface area contributed by atoms with Gasteiger partial charge in [-0.1, -0.05) is 37.5 Å². The largest absolute Gasteiger partial charge is 0.450 e. The molecule has 0 radical (unpaired) electrons. The standard InChI is InChI=1S/C27H32N6O4/c1-2-37-27(36)30-15-19-10-12-22(13-11-19)33(26(35)23-17-29-18-31-23)24(20-7-6-14-28-16-20)25(34)32-21-8-4-3-5-9-21/h6-7,10-14,16-18,21,24H,2-5,8-9,15H2,1H3,(H,29,31)(H,30,36)(H,32,34). The predicted octanol–water partition coefficient (Wildman–Crippen LogP) is 3.89. The monoisotopic (exact) mass is 504 g/mol. The van der Waals surface area contributed by atoms with E-state index < -0.39 is 18.0 Å². The Morgan fingerprint density at radius 1 is 1.14 bits per heavy atom. The zero-order chi connectivity index (χ0) is 26.0. The van der Waals surface area contributed by atoms with Gasteiger partial charge in [0.15, 0.2) is 0 Å². The van der Waals surface area contributed by atoms with Crippen molar-refractivity contribution in [1.29, 1.82) is 0 Å². The molecule has 1 atom stereocenters. The molecule has 4 rings (SSSR count). The van der Waals surface area contributed by atoms with Crippen LogP contribution in [0.1, 0.15) is 66.7 Å². The molecule has 1 aliphatic rings. The first-order valence-electron chi connectivity index (χ1n) is 12.6. The van der Waals surface area contributed by atoms with Gasteiger partial charge in [-0.15, -0.1) is 0 Å². The number of anilines is 1. The fourth-order valence-electron chi connectivity index (χ4n) is 4.50. The Balaban J connectivity index is 1.67. The molecule has 0 bridgehead atoms. The minimum atomic E-state index is -0.955. The summed E-state index contributed by atoms with van der Waals surface area (Å²) in [4.78, 5) is 51.8. The van der Waals surface area contributed by atoms with Gasteiger partial charge in [-0.05, 0) is 43.5 Å². The molecule has 194 valence electrons. The fourth-order valence-corrected chi connectivity index (χ4v) is 4.50. The summed E-state index contributed by atoms with van der Waals surface area (Å²) in [5, 5.41) is 5.85. The Kier molecular flexibility index (Phi) is 8.85. The SMILES string of the molecule is CCOC(=O)NCc1ccc(N(C(=O)c2c[nH]cn2)C(C(=O)NC2CCCCC2)c2cccnc2)cc1. The van der Waals surface area contributed by atoms with Crippen molar-refractivity contribution in [3.8, 4) is 0 Å². The van der Waals surface area contributed by atoms with Crippen LogP contribution in [0.5, 0.6) is 0 Å². The molecule has 1 unspecified atom stereocenters. The van der Waals surface area contributed by atoms with Gasteiger partial charge < -0.3 is 20.4 Å². The average Bonchev–Trinajstić information content (AvgIpc) is 3.47. The van der Waals surface area contributed by atoms with E-state index in [0.717, 1.165) is 31.2 Å². The number of aromatic nitrogens is 3. The molecule has 1 aromatic carbocycles. The maximum Gasteiger partial charge on any atom is 0.407 e. The average molecular weight is 505 g/mol. The van der Waals surface area contributed by atoms with Crippen LogP contribution < -0.4 is 15.5 Å². The molecule has 2 aromatic heterocycles. The lowest BCUT2D eigenvalue weighted by molar-refractivity contribution is -0.123. The summed E-state index contributed by atoms with van der Waals surface area (Å²) in [6.45, 7) is 2.29. The lowest BCUT2D eigenvalue weighted by atomic mass is 9.94. The Bertz CT molecular complexity index is 1160. The highest BCUT2D eigenvalue weighted by Gasteiger charge is 2.35. The Hall–Kier alpha value is -4.21. The van der Waals surface area contributed by atoms with Gasteiger partial charge in [0.25, 0.3) is 5.91 Å². The lowest BCUT2D eigenvalue weighted by Gasteiger charge is -2.33. The summed E-state index contributed by atoms with van der Waals surface area (Å²) in [5.74, 6) is -0.692. The molecule has 1 aliphatic carbocycles. The third-order valence-corrected chi connectivity index (χ3v) is 6.32. The molecule has 10 nitrogen and oxygen atoms in total. The number of nitrogens with one attached hydrogen (secondary N) is 3. The summed E-state index contributed by atoms with van der Waals surface area (Å²) in [6.07, 6.45) is 10.8. The number of hydrogen-bond donors (Lipinski definition) is 3. The smallest absolute Gasteiger partial charge is 0.407 e. The van der Waals surface area contributed by atoms with E-state index in [1.807, 2.05) is 0 Å². The van der Waals surface area contributed by atoms with Crippen LogP contribution in [0.15, 0.2) is 61.3 Å². The number of amides is 3. The van der Waals surface area contributed by atoms with Crippen molar-refractivity contribution in [2.24, 2.45) is 0 Å². The first-order valence-corrected chi connectivity index (χ1v) is 12.6. The number of alkyl carbamates (subject to hydrolysis) is 1. The van der Waals surface area contributed by atoms with Crippen molar-refractivity contribution in [3.63, 3.8) is 0 Å². The second-order valence-electron chi connectivity index (χ2n) is 8.90.